The summed E-state index contributed by atoms with van der Waals surface area (Å²) in [4.78, 5) is 41.2. The molecule has 3 aliphatic heterocycles. The van der Waals surface area contributed by atoms with E-state index in [0.29, 0.717) is 24.6 Å². The van der Waals surface area contributed by atoms with E-state index in [4.69, 9.17) is 0 Å². The van der Waals surface area contributed by atoms with Gasteiger partial charge in [-0.2, -0.15) is 0 Å². The minimum absolute atomic E-state index is 0.173. The maximum absolute atomic E-state index is 12.9. The monoisotopic (exact) mass is 403 g/mol. The lowest BCUT2D eigenvalue weighted by molar-refractivity contribution is -0.137. The van der Waals surface area contributed by atoms with Gasteiger partial charge in [-0.1, -0.05) is 30.3 Å². The standard InChI is InChI=1S/C24H25N3O3/c28-21-8-11-25-23(29)22(21)27-15-18-14-17(6-7-20(18)24(27)30)16-9-12-26(13-10-16)19-4-2-1-3-5-19/h1-7,14,16,22H,8-13,15H2,(H,25,29). The number of carbonyl (C=O) groups is 3. The van der Waals surface area contributed by atoms with Crippen LogP contribution in [-0.2, 0) is 16.1 Å². The Kier molecular flexibility index (Phi) is 4.77. The fraction of sp³-hybridized carbons (Fsp3) is 0.375. The summed E-state index contributed by atoms with van der Waals surface area (Å²) in [6, 6.07) is 15.5. The Balaban J connectivity index is 1.30. The Bertz CT molecular complexity index is 980. The zero-order chi connectivity index (χ0) is 20.7. The van der Waals surface area contributed by atoms with Crippen LogP contribution in [0.4, 0.5) is 5.69 Å². The van der Waals surface area contributed by atoms with Crippen LogP contribution in [0.2, 0.25) is 0 Å². The molecule has 1 N–H and O–H groups in total. The predicted molar refractivity (Wildman–Crippen MR) is 113 cm³/mol. The number of carbonyl (C=O) groups excluding carboxylic acids is 3. The number of fused-ring (bicyclic) bond motifs is 1. The van der Waals surface area contributed by atoms with Gasteiger partial charge in [0.2, 0.25) is 0 Å². The SMILES string of the molecule is O=C1CCNC(=O)C1N1Cc2cc(C3CCN(c4ccccc4)CC3)ccc2C1=O. The zero-order valence-electron chi connectivity index (χ0n) is 16.8. The van der Waals surface area contributed by atoms with Gasteiger partial charge in [0.05, 0.1) is 0 Å². The van der Waals surface area contributed by atoms with Crippen molar-refractivity contribution in [3.63, 3.8) is 0 Å². The van der Waals surface area contributed by atoms with E-state index < -0.39 is 6.04 Å². The van der Waals surface area contributed by atoms with E-state index in [1.54, 1.807) is 0 Å². The van der Waals surface area contributed by atoms with Crippen LogP contribution >= 0.6 is 0 Å². The summed E-state index contributed by atoms with van der Waals surface area (Å²) in [7, 11) is 0. The summed E-state index contributed by atoms with van der Waals surface area (Å²) in [5.41, 5.74) is 4.05. The Labute approximate surface area is 175 Å². The van der Waals surface area contributed by atoms with E-state index in [0.717, 1.165) is 31.5 Å². The maximum atomic E-state index is 12.9. The first kappa shape index (κ1) is 18.9. The number of nitrogens with one attached hydrogen (secondary N) is 1. The highest BCUT2D eigenvalue weighted by Crippen LogP contribution is 2.34. The van der Waals surface area contributed by atoms with Crippen LogP contribution in [-0.4, -0.2) is 48.2 Å². The molecule has 154 valence electrons. The number of ketones is 1. The van der Waals surface area contributed by atoms with Crippen LogP contribution in [0.5, 0.6) is 0 Å². The van der Waals surface area contributed by atoms with E-state index in [1.165, 1.54) is 16.2 Å². The van der Waals surface area contributed by atoms with Gasteiger partial charge in [0.15, 0.2) is 11.8 Å². The highest BCUT2D eigenvalue weighted by Gasteiger charge is 2.42. The Morgan fingerprint density at radius 2 is 1.70 bits per heavy atom. The van der Waals surface area contributed by atoms with Crippen molar-refractivity contribution in [2.45, 2.75) is 37.8 Å². The van der Waals surface area contributed by atoms with Crippen molar-refractivity contribution in [3.8, 4) is 0 Å². The molecule has 2 saturated heterocycles. The highest BCUT2D eigenvalue weighted by atomic mass is 16.2. The number of anilines is 1. The first-order chi connectivity index (χ1) is 14.6. The molecule has 6 heteroatoms. The van der Waals surface area contributed by atoms with E-state index in [9.17, 15) is 14.4 Å². The van der Waals surface area contributed by atoms with Gasteiger partial charge in [-0.25, -0.2) is 0 Å². The summed E-state index contributed by atoms with van der Waals surface area (Å²) in [6.07, 6.45) is 2.41. The molecular formula is C24H25N3O3. The molecule has 3 heterocycles. The van der Waals surface area contributed by atoms with E-state index >= 15 is 0 Å². The van der Waals surface area contributed by atoms with Crippen LogP contribution in [0.15, 0.2) is 48.5 Å². The summed E-state index contributed by atoms with van der Waals surface area (Å²) >= 11 is 0. The topological polar surface area (TPSA) is 69.7 Å². The molecule has 2 fully saturated rings. The predicted octanol–water partition coefficient (Wildman–Crippen LogP) is 2.48. The van der Waals surface area contributed by atoms with Gasteiger partial charge < -0.3 is 15.1 Å². The number of nitrogens with zero attached hydrogens (tertiary/aromatic N) is 2. The lowest BCUT2D eigenvalue weighted by Crippen LogP contribution is -2.55. The number of benzene rings is 2. The first-order valence-corrected chi connectivity index (χ1v) is 10.7. The van der Waals surface area contributed by atoms with Crippen LogP contribution in [0, 0.1) is 0 Å². The molecule has 2 aromatic carbocycles. The molecule has 5 rings (SSSR count). The number of hydrogen-bond acceptors (Lipinski definition) is 4. The second-order valence-corrected chi connectivity index (χ2v) is 8.36. The van der Waals surface area contributed by atoms with Crippen molar-refractivity contribution >= 4 is 23.3 Å². The van der Waals surface area contributed by atoms with Crippen LogP contribution in [0.3, 0.4) is 0 Å². The summed E-state index contributed by atoms with van der Waals surface area (Å²) in [5.74, 6) is -0.292. The van der Waals surface area contributed by atoms with Crippen molar-refractivity contribution in [3.05, 3.63) is 65.2 Å². The molecule has 0 radical (unpaired) electrons. The first-order valence-electron chi connectivity index (χ1n) is 10.7. The number of piperidine rings is 2. The molecule has 0 saturated carbocycles. The average molecular weight is 403 g/mol. The van der Waals surface area contributed by atoms with Gasteiger partial charge in [0.25, 0.3) is 11.8 Å². The quantitative estimate of drug-likeness (QED) is 0.800. The molecule has 6 nitrogen and oxygen atoms in total. The highest BCUT2D eigenvalue weighted by molar-refractivity contribution is 6.12. The molecule has 0 spiro atoms. The summed E-state index contributed by atoms with van der Waals surface area (Å²) < 4.78 is 0. The fourth-order valence-corrected chi connectivity index (χ4v) is 4.94. The second kappa shape index (κ2) is 7.59. The minimum Gasteiger partial charge on any atom is -0.371 e. The molecule has 1 unspecified atom stereocenters. The molecule has 0 aromatic heterocycles. The smallest absolute Gasteiger partial charge is 0.255 e. The van der Waals surface area contributed by atoms with Gasteiger partial charge in [0.1, 0.15) is 0 Å². The number of rotatable bonds is 3. The third-order valence-corrected chi connectivity index (χ3v) is 6.58. The van der Waals surface area contributed by atoms with Crippen LogP contribution in [0.1, 0.15) is 46.7 Å². The van der Waals surface area contributed by atoms with Crippen molar-refractivity contribution in [1.29, 1.82) is 0 Å². The van der Waals surface area contributed by atoms with Crippen molar-refractivity contribution in [2.75, 3.05) is 24.5 Å². The Morgan fingerprint density at radius 3 is 2.43 bits per heavy atom. The molecule has 3 aliphatic rings. The Morgan fingerprint density at radius 1 is 0.933 bits per heavy atom. The maximum Gasteiger partial charge on any atom is 0.255 e. The average Bonchev–Trinajstić information content (AvgIpc) is 3.10. The van der Waals surface area contributed by atoms with Crippen LogP contribution in [0.25, 0.3) is 0 Å². The van der Waals surface area contributed by atoms with Crippen molar-refractivity contribution in [2.24, 2.45) is 0 Å². The third kappa shape index (κ3) is 3.26. The number of hydrogen-bond donors (Lipinski definition) is 1. The number of para-hydroxylation sites is 1. The van der Waals surface area contributed by atoms with Gasteiger partial charge in [-0.15, -0.1) is 0 Å². The molecule has 0 bridgehead atoms. The largest absolute Gasteiger partial charge is 0.371 e. The molecule has 2 amide bonds. The number of amides is 2. The lowest BCUT2D eigenvalue weighted by Gasteiger charge is -2.34. The molecule has 30 heavy (non-hydrogen) atoms. The minimum atomic E-state index is -0.990. The van der Waals surface area contributed by atoms with Crippen molar-refractivity contribution in [1.82, 2.24) is 10.2 Å². The van der Waals surface area contributed by atoms with Crippen molar-refractivity contribution < 1.29 is 14.4 Å². The van der Waals surface area contributed by atoms with E-state index in [1.807, 2.05) is 18.2 Å². The molecule has 1 atom stereocenters. The van der Waals surface area contributed by atoms with Gasteiger partial charge >= 0.3 is 0 Å². The zero-order valence-corrected chi connectivity index (χ0v) is 16.8. The normalized spacial score (nSPS) is 22.3. The van der Waals surface area contributed by atoms with Gasteiger partial charge in [0, 0.05) is 43.9 Å². The van der Waals surface area contributed by atoms with E-state index in [-0.39, 0.29) is 24.0 Å². The molecule has 2 aromatic rings. The molecular weight excluding hydrogens is 378 g/mol. The summed E-state index contributed by atoms with van der Waals surface area (Å²) in [5, 5.41) is 2.71. The summed E-state index contributed by atoms with van der Waals surface area (Å²) in [6.45, 7) is 2.70. The van der Waals surface area contributed by atoms with Gasteiger partial charge in [-0.05, 0) is 48.1 Å². The third-order valence-electron chi connectivity index (χ3n) is 6.58. The number of Topliss-reactive ketones (excluding diaryl/α,β-unsaturated/α-hetero) is 1. The second-order valence-electron chi connectivity index (χ2n) is 8.36. The van der Waals surface area contributed by atoms with E-state index in [2.05, 4.69) is 40.5 Å². The molecule has 0 aliphatic carbocycles. The fourth-order valence-electron chi connectivity index (χ4n) is 4.94. The van der Waals surface area contributed by atoms with Gasteiger partial charge in [-0.3, -0.25) is 14.4 Å². The van der Waals surface area contributed by atoms with Crippen LogP contribution < -0.4 is 10.2 Å². The Hall–Kier alpha value is -3.15. The lowest BCUT2D eigenvalue weighted by atomic mass is 9.87.